The second-order valence-electron chi connectivity index (χ2n) is 26.4. The van der Waals surface area contributed by atoms with Crippen molar-refractivity contribution in [3.8, 4) is 56.3 Å². The summed E-state index contributed by atoms with van der Waals surface area (Å²) >= 11 is 0. The van der Waals surface area contributed by atoms with E-state index in [0.717, 1.165) is 80.3 Å². The van der Waals surface area contributed by atoms with Crippen LogP contribution in [0.3, 0.4) is 0 Å². The third-order valence-electron chi connectivity index (χ3n) is 18.9. The summed E-state index contributed by atoms with van der Waals surface area (Å²) in [6, 6.07) is 33.1. The molecule has 1 aromatic heterocycles. The quantitative estimate of drug-likeness (QED) is 0.108. The Bertz CT molecular complexity index is 2490. The molecule has 8 saturated carbocycles. The maximum atomic E-state index is 12.9. The third kappa shape index (κ3) is 9.34. The van der Waals surface area contributed by atoms with Gasteiger partial charge in [-0.2, -0.15) is 0 Å². The minimum Gasteiger partial charge on any atom is -0.507 e. The van der Waals surface area contributed by atoms with Crippen LogP contribution in [0.25, 0.3) is 44.8 Å². The zero-order valence-corrected chi connectivity index (χ0v) is 48.5. The normalized spacial score (nSPS) is 27.4. The fourth-order valence-electron chi connectivity index (χ4n) is 16.1. The topological polar surface area (TPSA) is 53.4 Å². The number of hydrogen-bond acceptors (Lipinski definition) is 3. The molecular weight excluding hydrogens is 946 g/mol. The summed E-state index contributed by atoms with van der Waals surface area (Å²) in [6.07, 6.45) is 17.9. The Morgan fingerprint density at radius 1 is 0.514 bits per heavy atom. The van der Waals surface area contributed by atoms with E-state index in [1.807, 2.05) is 0 Å². The summed E-state index contributed by atoms with van der Waals surface area (Å²) in [4.78, 5) is 5.75. The molecule has 0 unspecified atom stereocenters. The van der Waals surface area contributed by atoms with Crippen LogP contribution in [0.4, 0.5) is 0 Å². The van der Waals surface area contributed by atoms with Gasteiger partial charge >= 0.3 is 0 Å². The minimum absolute atomic E-state index is 0. The van der Waals surface area contributed by atoms with Crippen LogP contribution >= 0.6 is 0 Å². The Morgan fingerprint density at radius 3 is 1.16 bits per heavy atom. The largest absolute Gasteiger partial charge is 0.507 e. The molecular formula is C65H85NO2SiZr-2. The van der Waals surface area contributed by atoms with Gasteiger partial charge in [0, 0.05) is 59.6 Å². The second kappa shape index (κ2) is 19.2. The van der Waals surface area contributed by atoms with Gasteiger partial charge in [0.1, 0.15) is 11.5 Å². The molecule has 8 aliphatic carbocycles. The molecule has 8 bridgehead atoms. The summed E-state index contributed by atoms with van der Waals surface area (Å²) < 4.78 is 0. The van der Waals surface area contributed by atoms with Crippen molar-refractivity contribution in [3.05, 3.63) is 122 Å². The van der Waals surface area contributed by atoms with E-state index in [9.17, 15) is 10.2 Å². The number of rotatable bonds is 10. The zero-order chi connectivity index (χ0) is 46.8. The smallest absolute Gasteiger partial charge is 0.127 e. The SMILES string of the molecule is CCCC[Si](C)(C)c1cc(-c2ccccc2-c2cc(C(C)(C)C)cc(C34CC5CC(CC(C5)C3)C4)c2O)nc(-c2ccccc2-c2cc(C(C)(C)C)cc(C34CC5CC(CC(C5)C3)C4)c2O)c1.[CH3-].[CH3-].[Zr]. The molecule has 5 aromatic rings. The number of phenols is 2. The molecule has 8 fully saturated rings. The molecule has 372 valence electrons. The van der Waals surface area contributed by atoms with Gasteiger partial charge in [-0.1, -0.05) is 146 Å². The molecule has 2 N–H and O–H groups in total. The van der Waals surface area contributed by atoms with Crippen molar-refractivity contribution in [2.75, 3.05) is 0 Å². The maximum absolute atomic E-state index is 12.9. The van der Waals surface area contributed by atoms with Gasteiger partial charge in [-0.3, -0.25) is 0 Å². The van der Waals surface area contributed by atoms with Crippen molar-refractivity contribution in [2.45, 2.75) is 179 Å². The number of aromatic nitrogens is 1. The number of hydrogen-bond donors (Lipinski definition) is 2. The van der Waals surface area contributed by atoms with Gasteiger partial charge in [-0.25, -0.2) is 4.98 Å². The number of nitrogens with zero attached hydrogens (tertiary/aromatic N) is 1. The summed E-state index contributed by atoms with van der Waals surface area (Å²) in [6.45, 7) is 21.4. The van der Waals surface area contributed by atoms with E-state index in [-0.39, 0.29) is 62.7 Å². The first-order valence-electron chi connectivity index (χ1n) is 26.8. The summed E-state index contributed by atoms with van der Waals surface area (Å²) in [5.41, 5.74) is 13.1. The van der Waals surface area contributed by atoms with E-state index in [1.165, 1.54) is 123 Å². The van der Waals surface area contributed by atoms with Crippen molar-refractivity contribution < 1.29 is 36.4 Å². The molecule has 5 heteroatoms. The molecule has 13 rings (SSSR count). The Balaban J connectivity index is 0.00000220. The Kier molecular flexibility index (Phi) is 14.6. The van der Waals surface area contributed by atoms with E-state index in [1.54, 1.807) is 0 Å². The van der Waals surface area contributed by atoms with Crippen LogP contribution in [0.5, 0.6) is 11.5 Å². The van der Waals surface area contributed by atoms with Crippen LogP contribution in [0.2, 0.25) is 19.1 Å². The van der Waals surface area contributed by atoms with E-state index < -0.39 is 8.07 Å². The number of phenolic OH excluding ortho intramolecular Hbond substituents is 2. The van der Waals surface area contributed by atoms with Gasteiger partial charge in [-0.15, -0.1) is 0 Å². The first-order chi connectivity index (χ1) is 31.8. The molecule has 0 spiro atoms. The standard InChI is InChI=1S/C63H79NO2Si.2CH3.Zr/c1-10-11-20-67(8,9)47-31-56(50-18-14-12-16-48(50)52-27-45(60(2,3)4)29-54(58(52)65)62-33-39-21-40(34-62)23-41(22-39)35-62)64-57(32-47)51-19-15-13-17-49(51)53-28-46(61(5,6)7)30-55(59(53)66)63-36-42-24-43(37-63)26-44(25-42)38-63;;;/h12-19,27-32,39-44,65-66H,10-11,20-26,33-38H2,1-9H3;2*1H3;/q;2*-1;. The molecule has 0 radical (unpaired) electrons. The molecule has 8 aliphatic rings. The van der Waals surface area contributed by atoms with Gasteiger partial charge in [0.15, 0.2) is 0 Å². The average Bonchev–Trinajstić information content (AvgIpc) is 3.26. The molecule has 0 saturated heterocycles. The zero-order valence-electron chi connectivity index (χ0n) is 45.0. The Labute approximate surface area is 444 Å². The predicted molar refractivity (Wildman–Crippen MR) is 296 cm³/mol. The summed E-state index contributed by atoms with van der Waals surface area (Å²) in [5.74, 6) is 5.70. The number of aromatic hydroxyl groups is 2. The first-order valence-corrected chi connectivity index (χ1v) is 30.0. The van der Waals surface area contributed by atoms with E-state index in [2.05, 4.69) is 146 Å². The van der Waals surface area contributed by atoms with Crippen molar-refractivity contribution in [3.63, 3.8) is 0 Å². The molecule has 3 nitrogen and oxygen atoms in total. The summed E-state index contributed by atoms with van der Waals surface area (Å²) in [5, 5.41) is 27.2. The van der Waals surface area contributed by atoms with Crippen molar-refractivity contribution in [1.29, 1.82) is 0 Å². The van der Waals surface area contributed by atoms with Crippen LogP contribution in [-0.2, 0) is 47.9 Å². The van der Waals surface area contributed by atoms with Gasteiger partial charge in [0.25, 0.3) is 0 Å². The van der Waals surface area contributed by atoms with Crippen LogP contribution in [-0.4, -0.2) is 23.3 Å². The van der Waals surface area contributed by atoms with E-state index >= 15 is 0 Å². The van der Waals surface area contributed by atoms with Gasteiger partial charge in [0.05, 0.1) is 19.5 Å². The van der Waals surface area contributed by atoms with Crippen LogP contribution in [0, 0.1) is 50.4 Å². The Hall–Kier alpha value is -3.27. The molecule has 0 amide bonds. The van der Waals surface area contributed by atoms with Crippen LogP contribution in [0.15, 0.2) is 84.9 Å². The van der Waals surface area contributed by atoms with E-state index in [0.29, 0.717) is 11.5 Å². The van der Waals surface area contributed by atoms with Crippen molar-refractivity contribution in [1.82, 2.24) is 4.98 Å². The summed E-state index contributed by atoms with van der Waals surface area (Å²) in [7, 11) is -1.95. The fourth-order valence-corrected chi connectivity index (χ4v) is 18.7. The maximum Gasteiger partial charge on any atom is 0.127 e. The first kappa shape index (κ1) is 53.0. The monoisotopic (exact) mass is 1030 g/mol. The van der Waals surface area contributed by atoms with Gasteiger partial charge in [-0.05, 0) is 181 Å². The van der Waals surface area contributed by atoms with Crippen LogP contribution < -0.4 is 5.19 Å². The van der Waals surface area contributed by atoms with Crippen LogP contribution in [0.1, 0.15) is 161 Å². The molecule has 70 heavy (non-hydrogen) atoms. The van der Waals surface area contributed by atoms with Gasteiger partial charge < -0.3 is 25.1 Å². The number of pyridine rings is 1. The second-order valence-corrected chi connectivity index (χ2v) is 31.3. The fraction of sp³-hybridized carbons (Fsp3) is 0.523. The molecule has 4 aromatic carbocycles. The third-order valence-corrected chi connectivity index (χ3v) is 22.4. The van der Waals surface area contributed by atoms with E-state index in [4.69, 9.17) is 4.98 Å². The van der Waals surface area contributed by atoms with Crippen molar-refractivity contribution in [2.24, 2.45) is 35.5 Å². The number of benzene rings is 4. The average molecular weight is 1030 g/mol. The van der Waals surface area contributed by atoms with Crippen molar-refractivity contribution >= 4 is 13.3 Å². The molecule has 0 aliphatic heterocycles. The predicted octanol–water partition coefficient (Wildman–Crippen LogP) is 17.3. The molecule has 1 heterocycles. The van der Waals surface area contributed by atoms with Gasteiger partial charge in [0.2, 0.25) is 0 Å². The Morgan fingerprint density at radius 2 is 0.843 bits per heavy atom. The minimum atomic E-state index is -1.95. The molecule has 0 atom stereocenters. The number of unbranched alkanes of at least 4 members (excludes halogenated alkanes) is 1.